The van der Waals surface area contributed by atoms with Crippen LogP contribution in [0.5, 0.6) is 17.2 Å². The molecule has 1 N–H and O–H groups in total. The maximum Gasteiger partial charge on any atom is 0.162 e. The van der Waals surface area contributed by atoms with Crippen LogP contribution < -0.4 is 19.5 Å². The van der Waals surface area contributed by atoms with Crippen LogP contribution in [-0.4, -0.2) is 13.7 Å². The summed E-state index contributed by atoms with van der Waals surface area (Å²) < 4.78 is 31.6. The third kappa shape index (κ3) is 5.97. The van der Waals surface area contributed by atoms with E-state index in [1.807, 2.05) is 43.3 Å². The molecule has 0 bridgehead atoms. The number of hydrogen-bond acceptors (Lipinski definition) is 4. The first-order valence-corrected chi connectivity index (χ1v) is 10.5. The van der Waals surface area contributed by atoms with Gasteiger partial charge < -0.3 is 19.5 Å². The number of rotatable bonds is 10. The van der Waals surface area contributed by atoms with E-state index in [9.17, 15) is 4.39 Å². The van der Waals surface area contributed by atoms with Crippen LogP contribution in [-0.2, 0) is 19.7 Å². The second-order valence-corrected chi connectivity index (χ2v) is 7.51. The van der Waals surface area contributed by atoms with Crippen molar-refractivity contribution in [2.75, 3.05) is 13.7 Å². The molecule has 0 aliphatic heterocycles. The Kier molecular flexibility index (Phi) is 8.11. The lowest BCUT2D eigenvalue weighted by Crippen LogP contribution is -2.13. The van der Waals surface area contributed by atoms with Gasteiger partial charge in [0.1, 0.15) is 18.2 Å². The molecular formula is C24H25BrFNO3. The summed E-state index contributed by atoms with van der Waals surface area (Å²) in [6, 6.07) is 18.4. The molecule has 0 radical (unpaired) electrons. The molecule has 3 rings (SSSR count). The molecule has 3 aromatic carbocycles. The van der Waals surface area contributed by atoms with Crippen molar-refractivity contribution in [3.63, 3.8) is 0 Å². The predicted molar refractivity (Wildman–Crippen MR) is 120 cm³/mol. The molecule has 0 aromatic heterocycles. The van der Waals surface area contributed by atoms with Crippen molar-refractivity contribution in [1.29, 1.82) is 0 Å². The normalized spacial score (nSPS) is 10.7. The summed E-state index contributed by atoms with van der Waals surface area (Å²) in [6.07, 6.45) is 0. The van der Waals surface area contributed by atoms with Gasteiger partial charge in [0.05, 0.1) is 13.7 Å². The largest absolute Gasteiger partial charge is 0.497 e. The number of nitrogens with one attached hydrogen (secondary N) is 1. The minimum atomic E-state index is -0.283. The molecule has 0 aliphatic carbocycles. The highest BCUT2D eigenvalue weighted by atomic mass is 79.9. The average Bonchev–Trinajstić information content (AvgIpc) is 2.76. The molecular weight excluding hydrogens is 449 g/mol. The van der Waals surface area contributed by atoms with Gasteiger partial charge >= 0.3 is 0 Å². The van der Waals surface area contributed by atoms with Crippen molar-refractivity contribution in [3.05, 3.63) is 87.6 Å². The van der Waals surface area contributed by atoms with Gasteiger partial charge in [-0.15, -0.1) is 0 Å². The van der Waals surface area contributed by atoms with Crippen LogP contribution in [0.15, 0.2) is 65.1 Å². The van der Waals surface area contributed by atoms with Crippen molar-refractivity contribution in [3.8, 4) is 17.2 Å². The zero-order chi connectivity index (χ0) is 21.3. The van der Waals surface area contributed by atoms with Crippen LogP contribution in [0.4, 0.5) is 4.39 Å². The molecule has 0 fully saturated rings. The Bertz CT molecular complexity index is 963. The van der Waals surface area contributed by atoms with Gasteiger partial charge in [0.15, 0.2) is 11.5 Å². The molecule has 4 nitrogen and oxygen atoms in total. The fourth-order valence-electron chi connectivity index (χ4n) is 2.95. The second kappa shape index (κ2) is 11.0. The second-order valence-electron chi connectivity index (χ2n) is 6.66. The SMILES string of the molecule is CCOc1cc(CNCc2ccc(OC)cc2)c(Br)cc1OCc1ccccc1F. The van der Waals surface area contributed by atoms with Crippen molar-refractivity contribution in [2.24, 2.45) is 0 Å². The van der Waals surface area contributed by atoms with E-state index in [2.05, 4.69) is 21.2 Å². The summed E-state index contributed by atoms with van der Waals surface area (Å²) in [5.74, 6) is 1.77. The smallest absolute Gasteiger partial charge is 0.162 e. The maximum atomic E-state index is 13.9. The van der Waals surface area contributed by atoms with Crippen LogP contribution in [0.1, 0.15) is 23.6 Å². The Hall–Kier alpha value is -2.57. The van der Waals surface area contributed by atoms with Gasteiger partial charge in [0, 0.05) is 23.1 Å². The number of methoxy groups -OCH3 is 1. The van der Waals surface area contributed by atoms with E-state index >= 15 is 0 Å². The van der Waals surface area contributed by atoms with Gasteiger partial charge in [0.2, 0.25) is 0 Å². The molecule has 0 saturated carbocycles. The minimum absolute atomic E-state index is 0.133. The molecule has 30 heavy (non-hydrogen) atoms. The van der Waals surface area contributed by atoms with E-state index in [0.29, 0.717) is 30.2 Å². The number of halogens is 2. The Morgan fingerprint density at radius 3 is 2.33 bits per heavy atom. The Balaban J connectivity index is 1.66. The van der Waals surface area contributed by atoms with E-state index in [1.165, 1.54) is 11.6 Å². The Morgan fingerprint density at radius 1 is 0.900 bits per heavy atom. The lowest BCUT2D eigenvalue weighted by atomic mass is 10.1. The molecule has 0 atom stereocenters. The first-order valence-electron chi connectivity index (χ1n) is 9.75. The van der Waals surface area contributed by atoms with Gasteiger partial charge in [-0.2, -0.15) is 0 Å². The molecule has 0 amide bonds. The fraction of sp³-hybridized carbons (Fsp3) is 0.250. The molecule has 6 heteroatoms. The highest BCUT2D eigenvalue weighted by Gasteiger charge is 2.12. The summed E-state index contributed by atoms with van der Waals surface area (Å²) in [5, 5.41) is 3.43. The molecule has 0 spiro atoms. The topological polar surface area (TPSA) is 39.7 Å². The third-order valence-corrected chi connectivity index (χ3v) is 5.30. The molecule has 0 aliphatic rings. The van der Waals surface area contributed by atoms with Crippen molar-refractivity contribution in [1.82, 2.24) is 5.32 Å². The fourth-order valence-corrected chi connectivity index (χ4v) is 3.41. The molecule has 0 heterocycles. The quantitative estimate of drug-likeness (QED) is 0.400. The van der Waals surface area contributed by atoms with Crippen LogP contribution in [0.25, 0.3) is 0 Å². The lowest BCUT2D eigenvalue weighted by molar-refractivity contribution is 0.265. The van der Waals surface area contributed by atoms with Crippen LogP contribution in [0, 0.1) is 5.82 Å². The molecule has 158 valence electrons. The van der Waals surface area contributed by atoms with Crippen molar-refractivity contribution >= 4 is 15.9 Å². The van der Waals surface area contributed by atoms with Crippen LogP contribution in [0.3, 0.4) is 0 Å². The highest BCUT2D eigenvalue weighted by molar-refractivity contribution is 9.10. The lowest BCUT2D eigenvalue weighted by Gasteiger charge is -2.16. The predicted octanol–water partition coefficient (Wildman–Crippen LogP) is 5.86. The summed E-state index contributed by atoms with van der Waals surface area (Å²) in [4.78, 5) is 0. The first kappa shape index (κ1) is 22.1. The maximum absolute atomic E-state index is 13.9. The number of hydrogen-bond donors (Lipinski definition) is 1. The monoisotopic (exact) mass is 473 g/mol. The van der Waals surface area contributed by atoms with Gasteiger partial charge in [-0.3, -0.25) is 0 Å². The summed E-state index contributed by atoms with van der Waals surface area (Å²) in [6.45, 7) is 3.95. The Labute approximate surface area is 185 Å². The number of ether oxygens (including phenoxy) is 3. The van der Waals surface area contributed by atoms with E-state index in [4.69, 9.17) is 14.2 Å². The van der Waals surface area contributed by atoms with Crippen molar-refractivity contribution < 1.29 is 18.6 Å². The zero-order valence-electron chi connectivity index (χ0n) is 17.1. The highest BCUT2D eigenvalue weighted by Crippen LogP contribution is 2.34. The van der Waals surface area contributed by atoms with Gasteiger partial charge in [-0.05, 0) is 48.4 Å². The minimum Gasteiger partial charge on any atom is -0.497 e. The van der Waals surface area contributed by atoms with E-state index in [1.54, 1.807) is 25.3 Å². The van der Waals surface area contributed by atoms with Crippen molar-refractivity contribution in [2.45, 2.75) is 26.6 Å². The summed E-state index contributed by atoms with van der Waals surface area (Å²) in [7, 11) is 1.66. The van der Waals surface area contributed by atoms with Crippen LogP contribution >= 0.6 is 15.9 Å². The van der Waals surface area contributed by atoms with E-state index in [-0.39, 0.29) is 12.4 Å². The van der Waals surface area contributed by atoms with E-state index in [0.717, 1.165) is 22.3 Å². The standard InChI is InChI=1S/C24H25BrFNO3/c1-3-29-23-12-19(15-27-14-17-8-10-20(28-2)11-9-17)21(25)13-24(23)30-16-18-6-4-5-7-22(18)26/h4-13,27H,3,14-16H2,1-2H3. The summed E-state index contributed by atoms with van der Waals surface area (Å²) in [5.41, 5.74) is 2.72. The first-order chi connectivity index (χ1) is 14.6. The summed E-state index contributed by atoms with van der Waals surface area (Å²) >= 11 is 3.61. The molecule has 0 saturated heterocycles. The van der Waals surface area contributed by atoms with Gasteiger partial charge in [-0.25, -0.2) is 4.39 Å². The third-order valence-electron chi connectivity index (χ3n) is 4.56. The van der Waals surface area contributed by atoms with Gasteiger partial charge in [-0.1, -0.05) is 46.3 Å². The zero-order valence-corrected chi connectivity index (χ0v) is 18.7. The number of benzene rings is 3. The molecule has 3 aromatic rings. The van der Waals surface area contributed by atoms with Gasteiger partial charge in [0.25, 0.3) is 0 Å². The van der Waals surface area contributed by atoms with E-state index < -0.39 is 0 Å². The average molecular weight is 474 g/mol. The Morgan fingerprint density at radius 2 is 1.63 bits per heavy atom. The molecule has 0 unspecified atom stereocenters. The van der Waals surface area contributed by atoms with Crippen LogP contribution in [0.2, 0.25) is 0 Å².